The first kappa shape index (κ1) is 11.9. The lowest BCUT2D eigenvalue weighted by Gasteiger charge is -2.04. The largest absolute Gasteiger partial charge is 0.306 e. The molecule has 1 aromatic heterocycles. The van der Waals surface area contributed by atoms with Crippen molar-refractivity contribution >= 4 is 11.7 Å². The minimum absolute atomic E-state index is 0.265. The average molecular weight is 240 g/mol. The van der Waals surface area contributed by atoms with E-state index in [9.17, 15) is 4.79 Å². The molecule has 1 amide bonds. The van der Waals surface area contributed by atoms with E-state index >= 15 is 0 Å². The first-order chi connectivity index (χ1) is 8.74. The SMILES string of the molecule is CCc1ccc(C(=O)Nc2[nH]ncc2C#N)cc1. The van der Waals surface area contributed by atoms with E-state index in [2.05, 4.69) is 22.4 Å². The van der Waals surface area contributed by atoms with Gasteiger partial charge in [-0.3, -0.25) is 9.89 Å². The average Bonchev–Trinajstić information content (AvgIpc) is 2.86. The normalized spacial score (nSPS) is 9.78. The first-order valence-electron chi connectivity index (χ1n) is 5.58. The first-order valence-corrected chi connectivity index (χ1v) is 5.58. The summed E-state index contributed by atoms with van der Waals surface area (Å²) in [5.41, 5.74) is 2.03. The van der Waals surface area contributed by atoms with Crippen molar-refractivity contribution in [1.29, 1.82) is 5.26 Å². The van der Waals surface area contributed by atoms with Gasteiger partial charge in [0, 0.05) is 5.56 Å². The summed E-state index contributed by atoms with van der Waals surface area (Å²) in [5.74, 6) is 0.0560. The van der Waals surface area contributed by atoms with Crippen LogP contribution >= 0.6 is 0 Å². The van der Waals surface area contributed by atoms with Gasteiger partial charge in [0.2, 0.25) is 0 Å². The maximum Gasteiger partial charge on any atom is 0.256 e. The van der Waals surface area contributed by atoms with Gasteiger partial charge in [0.05, 0.1) is 6.20 Å². The summed E-state index contributed by atoms with van der Waals surface area (Å²) < 4.78 is 0. The van der Waals surface area contributed by atoms with Crippen LogP contribution in [0, 0.1) is 11.3 Å². The molecule has 0 saturated heterocycles. The van der Waals surface area contributed by atoms with Crippen LogP contribution in [0.2, 0.25) is 0 Å². The second-order valence-corrected chi connectivity index (χ2v) is 3.78. The van der Waals surface area contributed by atoms with Crippen LogP contribution in [0.15, 0.2) is 30.5 Å². The second kappa shape index (κ2) is 5.15. The van der Waals surface area contributed by atoms with Gasteiger partial charge in [-0.2, -0.15) is 10.4 Å². The van der Waals surface area contributed by atoms with E-state index in [1.165, 1.54) is 11.8 Å². The zero-order chi connectivity index (χ0) is 13.0. The Labute approximate surface area is 104 Å². The van der Waals surface area contributed by atoms with Gasteiger partial charge in [0.1, 0.15) is 17.5 Å². The number of rotatable bonds is 3. The molecule has 2 rings (SSSR count). The molecule has 0 aliphatic heterocycles. The second-order valence-electron chi connectivity index (χ2n) is 3.78. The summed E-state index contributed by atoms with van der Waals surface area (Å²) >= 11 is 0. The highest BCUT2D eigenvalue weighted by atomic mass is 16.1. The Morgan fingerprint density at radius 3 is 2.78 bits per heavy atom. The molecule has 0 aliphatic carbocycles. The van der Waals surface area contributed by atoms with Crippen molar-refractivity contribution in [2.45, 2.75) is 13.3 Å². The van der Waals surface area contributed by atoms with Crippen LogP contribution in [-0.2, 0) is 6.42 Å². The van der Waals surface area contributed by atoms with Crippen molar-refractivity contribution in [3.63, 3.8) is 0 Å². The zero-order valence-corrected chi connectivity index (χ0v) is 9.90. The third kappa shape index (κ3) is 2.38. The molecule has 18 heavy (non-hydrogen) atoms. The highest BCUT2D eigenvalue weighted by Crippen LogP contribution is 2.12. The number of aromatic amines is 1. The Balaban J connectivity index is 2.15. The minimum atomic E-state index is -0.265. The molecule has 2 N–H and O–H groups in total. The fraction of sp³-hybridized carbons (Fsp3) is 0.154. The molecule has 0 radical (unpaired) electrons. The Hall–Kier alpha value is -2.61. The molecular formula is C13H12N4O. The van der Waals surface area contributed by atoms with Crippen LogP contribution in [0.1, 0.15) is 28.4 Å². The molecule has 0 spiro atoms. The maximum absolute atomic E-state index is 11.9. The van der Waals surface area contributed by atoms with Crippen LogP contribution in [-0.4, -0.2) is 16.1 Å². The molecule has 5 heteroatoms. The lowest BCUT2D eigenvalue weighted by Crippen LogP contribution is -2.13. The number of aromatic nitrogens is 2. The number of nitrogens with one attached hydrogen (secondary N) is 2. The highest BCUT2D eigenvalue weighted by molar-refractivity contribution is 6.04. The monoisotopic (exact) mass is 240 g/mol. The minimum Gasteiger partial charge on any atom is -0.306 e. The maximum atomic E-state index is 11.9. The number of nitrogens with zero attached hydrogens (tertiary/aromatic N) is 2. The van der Waals surface area contributed by atoms with Gasteiger partial charge >= 0.3 is 0 Å². The molecule has 0 bridgehead atoms. The summed E-state index contributed by atoms with van der Waals surface area (Å²) in [6.07, 6.45) is 2.30. The smallest absolute Gasteiger partial charge is 0.256 e. The number of benzene rings is 1. The number of anilines is 1. The van der Waals surface area contributed by atoms with Crippen LogP contribution in [0.5, 0.6) is 0 Å². The van der Waals surface area contributed by atoms with Gasteiger partial charge in [-0.1, -0.05) is 19.1 Å². The van der Waals surface area contributed by atoms with Gasteiger partial charge in [-0.15, -0.1) is 0 Å². The van der Waals surface area contributed by atoms with Crippen molar-refractivity contribution < 1.29 is 4.79 Å². The Kier molecular flexibility index (Phi) is 3.39. The number of H-pyrrole nitrogens is 1. The van der Waals surface area contributed by atoms with E-state index in [1.807, 2.05) is 18.2 Å². The van der Waals surface area contributed by atoms with Gasteiger partial charge < -0.3 is 5.32 Å². The number of aryl methyl sites for hydroxylation is 1. The third-order valence-electron chi connectivity index (χ3n) is 2.62. The van der Waals surface area contributed by atoms with E-state index in [0.717, 1.165) is 6.42 Å². The molecule has 0 atom stereocenters. The topological polar surface area (TPSA) is 81.6 Å². The number of hydrogen-bond donors (Lipinski definition) is 2. The number of carbonyl (C=O) groups is 1. The Morgan fingerprint density at radius 2 is 2.17 bits per heavy atom. The Morgan fingerprint density at radius 1 is 1.44 bits per heavy atom. The quantitative estimate of drug-likeness (QED) is 0.861. The number of hydrogen-bond acceptors (Lipinski definition) is 3. The summed E-state index contributed by atoms with van der Waals surface area (Å²) in [5, 5.41) is 17.7. The van der Waals surface area contributed by atoms with Gasteiger partial charge in [-0.25, -0.2) is 0 Å². The van der Waals surface area contributed by atoms with E-state index < -0.39 is 0 Å². The van der Waals surface area contributed by atoms with E-state index in [4.69, 9.17) is 5.26 Å². The van der Waals surface area contributed by atoms with Crippen molar-refractivity contribution in [3.05, 3.63) is 47.2 Å². The van der Waals surface area contributed by atoms with Gasteiger partial charge in [0.15, 0.2) is 0 Å². The highest BCUT2D eigenvalue weighted by Gasteiger charge is 2.10. The lowest BCUT2D eigenvalue weighted by molar-refractivity contribution is 0.102. The van der Waals surface area contributed by atoms with Gasteiger partial charge in [-0.05, 0) is 24.1 Å². The van der Waals surface area contributed by atoms with E-state index in [1.54, 1.807) is 12.1 Å². The van der Waals surface area contributed by atoms with Crippen LogP contribution < -0.4 is 5.32 Å². The van der Waals surface area contributed by atoms with Crippen LogP contribution in [0.3, 0.4) is 0 Å². The standard InChI is InChI=1S/C13H12N4O/c1-2-9-3-5-10(6-4-9)13(18)16-12-11(7-14)8-15-17-12/h3-6,8H,2H2,1H3,(H2,15,16,17,18). The van der Waals surface area contributed by atoms with Crippen LogP contribution in [0.4, 0.5) is 5.82 Å². The molecule has 1 aromatic carbocycles. The fourth-order valence-corrected chi connectivity index (χ4v) is 1.54. The predicted octanol–water partition coefficient (Wildman–Crippen LogP) is 2.10. The molecule has 0 aliphatic rings. The third-order valence-corrected chi connectivity index (χ3v) is 2.62. The summed E-state index contributed by atoms with van der Waals surface area (Å²) in [7, 11) is 0. The molecule has 0 unspecified atom stereocenters. The molecular weight excluding hydrogens is 228 g/mol. The fourth-order valence-electron chi connectivity index (χ4n) is 1.54. The van der Waals surface area contributed by atoms with Crippen molar-refractivity contribution in [1.82, 2.24) is 10.2 Å². The van der Waals surface area contributed by atoms with E-state index in [0.29, 0.717) is 16.9 Å². The van der Waals surface area contributed by atoms with Crippen molar-refractivity contribution in [2.75, 3.05) is 5.32 Å². The number of nitriles is 1. The molecule has 1 heterocycles. The lowest BCUT2D eigenvalue weighted by atomic mass is 10.1. The predicted molar refractivity (Wildman–Crippen MR) is 67.1 cm³/mol. The summed E-state index contributed by atoms with van der Waals surface area (Å²) in [6.45, 7) is 2.05. The van der Waals surface area contributed by atoms with Gasteiger partial charge in [0.25, 0.3) is 5.91 Å². The molecule has 0 fully saturated rings. The summed E-state index contributed by atoms with van der Waals surface area (Å²) in [4.78, 5) is 11.9. The van der Waals surface area contributed by atoms with E-state index in [-0.39, 0.29) is 5.91 Å². The van der Waals surface area contributed by atoms with Crippen molar-refractivity contribution in [2.24, 2.45) is 0 Å². The molecule has 2 aromatic rings. The number of amides is 1. The Bertz CT molecular complexity index is 592. The summed E-state index contributed by atoms with van der Waals surface area (Å²) in [6, 6.07) is 9.28. The van der Waals surface area contributed by atoms with Crippen LogP contribution in [0.25, 0.3) is 0 Å². The zero-order valence-electron chi connectivity index (χ0n) is 9.90. The molecule has 0 saturated carbocycles. The number of carbonyl (C=O) groups excluding carboxylic acids is 1. The molecule has 90 valence electrons. The van der Waals surface area contributed by atoms with Crippen molar-refractivity contribution in [3.8, 4) is 6.07 Å². The molecule has 5 nitrogen and oxygen atoms in total.